The molecule has 1 aliphatic carbocycles. The van der Waals surface area contributed by atoms with Crippen LogP contribution in [0.25, 0.3) is 6.08 Å². The molecule has 0 radical (unpaired) electrons. The summed E-state index contributed by atoms with van der Waals surface area (Å²) in [6.07, 6.45) is 7.22. The molecule has 1 aliphatic rings. The van der Waals surface area contributed by atoms with E-state index in [2.05, 4.69) is 6.08 Å². The summed E-state index contributed by atoms with van der Waals surface area (Å²) in [6, 6.07) is 5.77. The fourth-order valence-electron chi connectivity index (χ4n) is 1.83. The molecule has 0 aliphatic heterocycles. The maximum absolute atomic E-state index is 6.10. The van der Waals surface area contributed by atoms with Crippen LogP contribution in [-0.4, -0.2) is 0 Å². The highest BCUT2D eigenvalue weighted by Crippen LogP contribution is 2.31. The Labute approximate surface area is 94.5 Å². The molecule has 0 nitrogen and oxygen atoms in total. The molecule has 1 saturated carbocycles. The number of hydrogen-bond acceptors (Lipinski definition) is 0. The third-order valence-electron chi connectivity index (χ3n) is 2.59. The van der Waals surface area contributed by atoms with Gasteiger partial charge in [-0.2, -0.15) is 0 Å². The van der Waals surface area contributed by atoms with Crippen molar-refractivity contribution in [3.63, 3.8) is 0 Å². The van der Waals surface area contributed by atoms with Gasteiger partial charge in [0, 0.05) is 0 Å². The van der Waals surface area contributed by atoms with E-state index in [9.17, 15) is 0 Å². The number of hydrogen-bond donors (Lipinski definition) is 0. The zero-order valence-electron chi connectivity index (χ0n) is 7.89. The topological polar surface area (TPSA) is 0 Å². The Bertz CT molecular complexity index is 359. The molecular weight excluding hydrogens is 215 g/mol. The lowest BCUT2D eigenvalue weighted by atomic mass is 10.1. The quantitative estimate of drug-likeness (QED) is 0.636. The first-order chi connectivity index (χ1) is 6.77. The van der Waals surface area contributed by atoms with Crippen molar-refractivity contribution in [3.8, 4) is 0 Å². The Morgan fingerprint density at radius 2 is 1.79 bits per heavy atom. The Hall–Kier alpha value is -0.460. The standard InChI is InChI=1S/C12H12Cl2/c13-11-7-3-6-10(12(11)14)8-9-4-1-2-5-9/h3,6-8H,1-2,4-5H2. The fraction of sp³-hybridized carbons (Fsp3) is 0.333. The first-order valence-corrected chi connectivity index (χ1v) is 5.66. The second-order valence-corrected chi connectivity index (χ2v) is 4.44. The molecule has 1 aromatic carbocycles. The predicted octanol–water partition coefficient (Wildman–Crippen LogP) is 4.95. The van der Waals surface area contributed by atoms with E-state index in [0.717, 1.165) is 5.56 Å². The molecule has 14 heavy (non-hydrogen) atoms. The van der Waals surface area contributed by atoms with Crippen LogP contribution in [0.2, 0.25) is 10.0 Å². The van der Waals surface area contributed by atoms with E-state index in [1.54, 1.807) is 0 Å². The minimum atomic E-state index is 0.638. The average molecular weight is 227 g/mol. The summed E-state index contributed by atoms with van der Waals surface area (Å²) in [4.78, 5) is 0. The van der Waals surface area contributed by atoms with Crippen LogP contribution in [0.15, 0.2) is 23.8 Å². The van der Waals surface area contributed by atoms with Crippen LogP contribution < -0.4 is 0 Å². The molecule has 0 saturated heterocycles. The van der Waals surface area contributed by atoms with Gasteiger partial charge in [-0.1, -0.05) is 47.0 Å². The van der Waals surface area contributed by atoms with E-state index < -0.39 is 0 Å². The van der Waals surface area contributed by atoms with Crippen LogP contribution in [0.5, 0.6) is 0 Å². The Balaban J connectivity index is 2.32. The average Bonchev–Trinajstić information content (AvgIpc) is 2.66. The van der Waals surface area contributed by atoms with Crippen LogP contribution in [0.4, 0.5) is 0 Å². The molecular formula is C12H12Cl2. The van der Waals surface area contributed by atoms with Gasteiger partial charge in [0.15, 0.2) is 0 Å². The van der Waals surface area contributed by atoms with Gasteiger partial charge >= 0.3 is 0 Å². The SMILES string of the molecule is Clc1cccc(C=C2CCCC2)c1Cl. The fourth-order valence-corrected chi connectivity index (χ4v) is 2.19. The van der Waals surface area contributed by atoms with E-state index in [-0.39, 0.29) is 0 Å². The van der Waals surface area contributed by atoms with Crippen LogP contribution >= 0.6 is 23.2 Å². The van der Waals surface area contributed by atoms with Gasteiger partial charge in [0.2, 0.25) is 0 Å². The smallest absolute Gasteiger partial charge is 0.0664 e. The van der Waals surface area contributed by atoms with Gasteiger partial charge in [0.1, 0.15) is 0 Å². The molecule has 2 heteroatoms. The summed E-state index contributed by atoms with van der Waals surface area (Å²) < 4.78 is 0. The summed E-state index contributed by atoms with van der Waals surface area (Å²) in [5.41, 5.74) is 2.55. The first kappa shape index (κ1) is 10.1. The van der Waals surface area contributed by atoms with Crippen molar-refractivity contribution in [2.45, 2.75) is 25.7 Å². The molecule has 0 N–H and O–H groups in total. The van der Waals surface area contributed by atoms with Gasteiger partial charge in [-0.15, -0.1) is 0 Å². The highest BCUT2D eigenvalue weighted by atomic mass is 35.5. The minimum Gasteiger partial charge on any atom is -0.0827 e. The lowest BCUT2D eigenvalue weighted by Gasteiger charge is -2.02. The van der Waals surface area contributed by atoms with E-state index in [4.69, 9.17) is 23.2 Å². The summed E-state index contributed by atoms with van der Waals surface area (Å²) in [6.45, 7) is 0. The van der Waals surface area contributed by atoms with Gasteiger partial charge in [-0.3, -0.25) is 0 Å². The molecule has 0 unspecified atom stereocenters. The van der Waals surface area contributed by atoms with E-state index in [0.29, 0.717) is 10.0 Å². The molecule has 1 aromatic rings. The Morgan fingerprint density at radius 3 is 2.50 bits per heavy atom. The third-order valence-corrected chi connectivity index (χ3v) is 3.42. The van der Waals surface area contributed by atoms with Crippen LogP contribution in [-0.2, 0) is 0 Å². The molecule has 0 bridgehead atoms. The number of benzene rings is 1. The lowest BCUT2D eigenvalue weighted by Crippen LogP contribution is -1.79. The van der Waals surface area contributed by atoms with Gasteiger partial charge in [-0.05, 0) is 37.3 Å². The molecule has 0 aromatic heterocycles. The number of halogens is 2. The predicted molar refractivity (Wildman–Crippen MR) is 62.9 cm³/mol. The maximum atomic E-state index is 6.10. The summed E-state index contributed by atoms with van der Waals surface area (Å²) in [5.74, 6) is 0. The normalized spacial score (nSPS) is 16.0. The largest absolute Gasteiger partial charge is 0.0827 e. The van der Waals surface area contributed by atoms with Crippen molar-refractivity contribution in [3.05, 3.63) is 39.4 Å². The minimum absolute atomic E-state index is 0.638. The second-order valence-electron chi connectivity index (χ2n) is 3.65. The Morgan fingerprint density at radius 1 is 1.07 bits per heavy atom. The van der Waals surface area contributed by atoms with Gasteiger partial charge in [-0.25, -0.2) is 0 Å². The van der Waals surface area contributed by atoms with Crippen molar-refractivity contribution >= 4 is 29.3 Å². The monoisotopic (exact) mass is 226 g/mol. The number of allylic oxidation sites excluding steroid dienone is 1. The lowest BCUT2D eigenvalue weighted by molar-refractivity contribution is 0.886. The zero-order valence-corrected chi connectivity index (χ0v) is 9.41. The van der Waals surface area contributed by atoms with Crippen LogP contribution in [0, 0.1) is 0 Å². The first-order valence-electron chi connectivity index (χ1n) is 4.91. The van der Waals surface area contributed by atoms with E-state index in [1.165, 1.54) is 31.3 Å². The third kappa shape index (κ3) is 2.13. The molecule has 0 spiro atoms. The molecule has 0 heterocycles. The van der Waals surface area contributed by atoms with Crippen molar-refractivity contribution in [1.82, 2.24) is 0 Å². The highest BCUT2D eigenvalue weighted by Gasteiger charge is 2.08. The van der Waals surface area contributed by atoms with E-state index in [1.807, 2.05) is 18.2 Å². The molecule has 74 valence electrons. The van der Waals surface area contributed by atoms with Crippen LogP contribution in [0.1, 0.15) is 31.2 Å². The molecule has 1 fully saturated rings. The van der Waals surface area contributed by atoms with Gasteiger partial charge < -0.3 is 0 Å². The van der Waals surface area contributed by atoms with Crippen molar-refractivity contribution in [1.29, 1.82) is 0 Å². The maximum Gasteiger partial charge on any atom is 0.0664 e. The molecule has 0 atom stereocenters. The van der Waals surface area contributed by atoms with Crippen molar-refractivity contribution in [2.75, 3.05) is 0 Å². The highest BCUT2D eigenvalue weighted by molar-refractivity contribution is 6.42. The van der Waals surface area contributed by atoms with Crippen molar-refractivity contribution in [2.24, 2.45) is 0 Å². The summed E-state index contributed by atoms with van der Waals surface area (Å²) in [7, 11) is 0. The number of rotatable bonds is 1. The molecule has 0 amide bonds. The van der Waals surface area contributed by atoms with Gasteiger partial charge in [0.05, 0.1) is 10.0 Å². The second kappa shape index (κ2) is 4.37. The molecule has 2 rings (SSSR count). The Kier molecular flexibility index (Phi) is 3.15. The summed E-state index contributed by atoms with van der Waals surface area (Å²) >= 11 is 12.0. The van der Waals surface area contributed by atoms with Crippen molar-refractivity contribution < 1.29 is 0 Å². The van der Waals surface area contributed by atoms with Gasteiger partial charge in [0.25, 0.3) is 0 Å². The summed E-state index contributed by atoms with van der Waals surface area (Å²) in [5, 5.41) is 1.31. The zero-order chi connectivity index (χ0) is 9.97. The van der Waals surface area contributed by atoms with E-state index >= 15 is 0 Å². The van der Waals surface area contributed by atoms with Crippen LogP contribution in [0.3, 0.4) is 0 Å².